The van der Waals surface area contributed by atoms with E-state index in [4.69, 9.17) is 99.0 Å². The molecule has 2 radical (unpaired) electrons. The topological polar surface area (TPSA) is 408 Å². The van der Waals surface area contributed by atoms with Gasteiger partial charge in [0, 0.05) is 44.8 Å². The molecule has 0 spiro atoms. The van der Waals surface area contributed by atoms with Gasteiger partial charge in [0.05, 0.1) is 0 Å². The molecule has 0 bridgehead atoms. The monoisotopic (exact) mass is 653 g/mol. The van der Waals surface area contributed by atoms with Gasteiger partial charge in [0.15, 0.2) is 0 Å². The number of carboxylic acids is 10. The van der Waals surface area contributed by atoms with Crippen LogP contribution in [0.3, 0.4) is 0 Å². The molecule has 0 heterocycles. The largest absolute Gasteiger partial charge is 0.473 e. The van der Waals surface area contributed by atoms with Crippen LogP contribution in [0.25, 0.3) is 0 Å². The third kappa shape index (κ3) is 73.8. The van der Waals surface area contributed by atoms with Gasteiger partial charge in [0.2, 0.25) is 0 Å². The molecule has 0 saturated heterocycles. The van der Waals surface area contributed by atoms with Crippen molar-refractivity contribution in [2.75, 3.05) is 0 Å². The maximum absolute atomic E-state index is 9.10. The van der Waals surface area contributed by atoms with Gasteiger partial charge in [-0.05, 0) is 0 Å². The van der Waals surface area contributed by atoms with Crippen LogP contribution in [0.2, 0.25) is 0 Å². The van der Waals surface area contributed by atoms with Gasteiger partial charge < -0.3 is 57.2 Å². The van der Waals surface area contributed by atoms with E-state index in [1.54, 1.807) is 0 Å². The van der Waals surface area contributed by atoms with Crippen LogP contribution in [0.4, 0.5) is 0 Å². The molecule has 0 atom stereocenters. The zero-order chi connectivity index (χ0) is 25.8. The van der Waals surface area contributed by atoms with Crippen molar-refractivity contribution in [2.45, 2.75) is 0 Å². The van der Waals surface area contributed by atoms with Crippen LogP contribution in [0.5, 0.6) is 0 Å². The van der Waals surface area contributed by atoms with E-state index in [2.05, 4.69) is 0 Å². The summed E-state index contributed by atoms with van der Waals surface area (Å²) in [6.45, 7) is 0. The molecule has 0 fully saturated rings. The van der Waals surface area contributed by atoms with Gasteiger partial charge >= 0.3 is 59.7 Å². The Labute approximate surface area is 209 Å². The second-order valence-corrected chi connectivity index (χ2v) is 3.05. The van der Waals surface area contributed by atoms with Crippen molar-refractivity contribution in [3.8, 4) is 0 Å². The summed E-state index contributed by atoms with van der Waals surface area (Å²) in [6, 6.07) is 0. The van der Waals surface area contributed by atoms with Gasteiger partial charge in [-0.2, -0.15) is 0 Å². The van der Waals surface area contributed by atoms with Crippen molar-refractivity contribution in [2.24, 2.45) is 0 Å². The fourth-order valence-electron chi connectivity index (χ4n) is 0. The molecule has 188 valence electrons. The molecule has 21 nitrogen and oxygen atoms in total. The molecule has 0 aromatic carbocycles. The molecular formula is C10H13NNb2O20. The van der Waals surface area contributed by atoms with Crippen molar-refractivity contribution < 1.29 is 144 Å². The first-order chi connectivity index (χ1) is 13.2. The van der Waals surface area contributed by atoms with Crippen LogP contribution >= 0.6 is 0 Å². The number of carbonyl (C=O) groups is 10. The van der Waals surface area contributed by atoms with E-state index in [0.717, 1.165) is 0 Å². The van der Waals surface area contributed by atoms with Crippen LogP contribution in [-0.4, -0.2) is 111 Å². The fraction of sp³-hybridized carbons (Fsp3) is 0. The van der Waals surface area contributed by atoms with Crippen molar-refractivity contribution in [3.63, 3.8) is 0 Å². The standard InChI is InChI=1S/5C2H2O4.H3N.2Nb/c5*3-1(4)2(5)6;;;/h5*(H,3,4)(H,5,6);1H3;;. The molecule has 0 unspecified atom stereocenters. The van der Waals surface area contributed by atoms with E-state index in [9.17, 15) is 0 Å². The van der Waals surface area contributed by atoms with Crippen LogP contribution < -0.4 is 6.15 Å². The summed E-state index contributed by atoms with van der Waals surface area (Å²) in [7, 11) is 0. The third-order valence-electron chi connectivity index (χ3n) is 0.915. The van der Waals surface area contributed by atoms with Gasteiger partial charge in [-0.1, -0.05) is 0 Å². The second kappa shape index (κ2) is 30.3. The van der Waals surface area contributed by atoms with E-state index in [0.29, 0.717) is 0 Å². The Hall–Kier alpha value is -3.86. The van der Waals surface area contributed by atoms with Crippen molar-refractivity contribution in [1.82, 2.24) is 6.15 Å². The number of hydrogen-bond acceptors (Lipinski definition) is 11. The van der Waals surface area contributed by atoms with E-state index in [1.165, 1.54) is 0 Å². The first-order valence-corrected chi connectivity index (χ1v) is 5.53. The Morgan fingerprint density at radius 1 is 0.242 bits per heavy atom. The van der Waals surface area contributed by atoms with Gasteiger partial charge in [-0.3, -0.25) is 0 Å². The Morgan fingerprint density at radius 3 is 0.273 bits per heavy atom. The summed E-state index contributed by atoms with van der Waals surface area (Å²) in [6.07, 6.45) is 0. The Morgan fingerprint density at radius 2 is 0.273 bits per heavy atom. The van der Waals surface area contributed by atoms with Gasteiger partial charge in [0.25, 0.3) is 0 Å². The minimum absolute atomic E-state index is 0. The molecule has 0 aromatic rings. The second-order valence-electron chi connectivity index (χ2n) is 3.05. The van der Waals surface area contributed by atoms with E-state index in [1.807, 2.05) is 0 Å². The molecule has 13 N–H and O–H groups in total. The first kappa shape index (κ1) is 51.6. The van der Waals surface area contributed by atoms with E-state index < -0.39 is 59.7 Å². The summed E-state index contributed by atoms with van der Waals surface area (Å²) >= 11 is 0. The average Bonchev–Trinajstić information content (AvgIpc) is 2.56. The van der Waals surface area contributed by atoms with Gasteiger partial charge in [-0.15, -0.1) is 0 Å². The van der Waals surface area contributed by atoms with Crippen LogP contribution in [0, 0.1) is 0 Å². The Balaban J connectivity index is -0.0000000386. The maximum atomic E-state index is 9.10. The van der Waals surface area contributed by atoms with E-state index >= 15 is 0 Å². The summed E-state index contributed by atoms with van der Waals surface area (Å²) < 4.78 is 0. The average molecular weight is 653 g/mol. The number of aliphatic carboxylic acids is 10. The SMILES string of the molecule is N.O=C(O)C(=O)O.O=C(O)C(=O)O.O=C(O)C(=O)O.O=C(O)C(=O)O.O=C(O)C(=O)O.[Nb].[Nb]. The number of hydrogen-bond donors (Lipinski definition) is 11. The Bertz CT molecular complexity index is 514. The predicted molar refractivity (Wildman–Crippen MR) is 81.4 cm³/mol. The molecule has 0 aliphatic rings. The summed E-state index contributed by atoms with van der Waals surface area (Å²) in [5, 5.41) is 73.9. The van der Waals surface area contributed by atoms with E-state index in [-0.39, 0.29) is 50.9 Å². The molecule has 23 heteroatoms. The summed E-state index contributed by atoms with van der Waals surface area (Å²) in [5.74, 6) is -18.2. The smallest absolute Gasteiger partial charge is 0.414 e. The zero-order valence-electron chi connectivity index (χ0n) is 15.2. The molecule has 0 amide bonds. The van der Waals surface area contributed by atoms with Gasteiger partial charge in [-0.25, -0.2) is 47.9 Å². The molecule has 0 aliphatic carbocycles. The zero-order valence-corrected chi connectivity index (χ0v) is 19.6. The fourth-order valence-corrected chi connectivity index (χ4v) is 0. The normalized spacial score (nSPS) is 6.67. The molecule has 0 saturated carbocycles. The molecular weight excluding hydrogens is 640 g/mol. The van der Waals surface area contributed by atoms with Crippen LogP contribution in [0.1, 0.15) is 0 Å². The van der Waals surface area contributed by atoms with Crippen LogP contribution in [-0.2, 0) is 92.7 Å². The molecule has 0 aromatic heterocycles. The summed E-state index contributed by atoms with van der Waals surface area (Å²) in [5.41, 5.74) is 0. The van der Waals surface area contributed by atoms with Crippen molar-refractivity contribution in [1.29, 1.82) is 0 Å². The van der Waals surface area contributed by atoms with Crippen LogP contribution in [0.15, 0.2) is 0 Å². The van der Waals surface area contributed by atoms with Crippen molar-refractivity contribution >= 4 is 59.7 Å². The van der Waals surface area contributed by atoms with Gasteiger partial charge in [0.1, 0.15) is 0 Å². The third-order valence-corrected chi connectivity index (χ3v) is 0.915. The van der Waals surface area contributed by atoms with Crippen molar-refractivity contribution in [3.05, 3.63) is 0 Å². The number of rotatable bonds is 0. The first-order valence-electron chi connectivity index (χ1n) is 5.53. The number of carboxylic acid groups (broad SMARTS) is 10. The maximum Gasteiger partial charge on any atom is 0.414 e. The molecule has 0 rings (SSSR count). The minimum atomic E-state index is -1.82. The minimum Gasteiger partial charge on any atom is -0.473 e. The molecule has 0 aliphatic heterocycles. The quantitative estimate of drug-likeness (QED) is 0.0874. The molecule has 33 heavy (non-hydrogen) atoms. The Kier molecular flexibility index (Phi) is 47.5. The summed E-state index contributed by atoms with van der Waals surface area (Å²) in [4.78, 5) is 91.0. The predicted octanol–water partition coefficient (Wildman–Crippen LogP) is -4.06.